The summed E-state index contributed by atoms with van der Waals surface area (Å²) >= 11 is 0. The Hall–Kier alpha value is -3.14. The van der Waals surface area contributed by atoms with Gasteiger partial charge in [-0.1, -0.05) is 0 Å². The molecule has 2 unspecified atom stereocenters. The Kier molecular flexibility index (Phi) is 18.3. The molecule has 272 valence electrons. The minimum atomic E-state index is -0.553. The van der Waals surface area contributed by atoms with Crippen molar-refractivity contribution in [3.63, 3.8) is 0 Å². The van der Waals surface area contributed by atoms with Crippen LogP contribution >= 0.6 is 0 Å². The zero-order valence-corrected chi connectivity index (χ0v) is 29.2. The fourth-order valence-electron chi connectivity index (χ4n) is 5.17. The van der Waals surface area contributed by atoms with Crippen molar-refractivity contribution in [3.05, 3.63) is 71.4 Å². The van der Waals surface area contributed by atoms with Crippen molar-refractivity contribution in [2.24, 2.45) is 0 Å². The molecule has 2 aromatic heterocycles. The molecule has 0 bridgehead atoms. The molecule has 13 nitrogen and oxygen atoms in total. The van der Waals surface area contributed by atoms with Crippen molar-refractivity contribution in [1.82, 2.24) is 9.97 Å². The summed E-state index contributed by atoms with van der Waals surface area (Å²) in [7, 11) is 3.22. The number of aromatic nitrogens is 2. The molecule has 15 heteroatoms. The topological polar surface area (TPSA) is 154 Å². The zero-order valence-electron chi connectivity index (χ0n) is 30.2. The Morgan fingerprint density at radius 2 is 1.27 bits per heavy atom. The van der Waals surface area contributed by atoms with E-state index in [-0.39, 0.29) is 82.4 Å². The molecule has 0 aliphatic carbocycles. The van der Waals surface area contributed by atoms with Crippen LogP contribution in [0.4, 0.5) is 0 Å². The minimum Gasteiger partial charge on any atom is -1.00 e. The average molecular weight is 719 g/mol. The summed E-state index contributed by atoms with van der Waals surface area (Å²) in [6, 6.07) is 14.6. The molecule has 2 atom stereocenters. The molecule has 1 N–H and O–H groups in total. The summed E-state index contributed by atoms with van der Waals surface area (Å²) in [6.07, 6.45) is 5.53. The number of esters is 1. The van der Waals surface area contributed by atoms with Crippen molar-refractivity contribution in [1.29, 1.82) is 0 Å². The standard InChI is InChI=1S/C19H23NO6.C17H21NO5.Al.Li.4H/c1-3-23-19(21)17-15(12-25-16-6-4-5-11-24-16)20-18(26-17)13-7-9-14(22-2)10-8-13;1-20-13-7-5-12(6-8-13)17-18-14(15(10-19)23-17)11-22-16-4-2-3-9-21-16;;;;;;/h7-10,16H,3-6,11-12H2,1-2H3;5-8,16,19H,2-4,9-11H2,1H3;;;;;;/q;;;+1;;;;-1. The molecule has 51 heavy (non-hydrogen) atoms. The quantitative estimate of drug-likeness (QED) is 0.159. The maximum atomic E-state index is 12.2. The van der Waals surface area contributed by atoms with E-state index in [9.17, 15) is 9.90 Å². The molecule has 6 rings (SSSR count). The fraction of sp³-hybridized carbons (Fsp3) is 0.472. The fourth-order valence-corrected chi connectivity index (χ4v) is 5.17. The van der Waals surface area contributed by atoms with Gasteiger partial charge >= 0.3 is 24.8 Å². The van der Waals surface area contributed by atoms with E-state index in [0.717, 1.165) is 67.8 Å². The number of hydrogen-bond acceptors (Lipinski definition) is 13. The van der Waals surface area contributed by atoms with Gasteiger partial charge in [0.15, 0.2) is 35.7 Å². The number of carbonyl (C=O) groups is 1. The molecular weight excluding hydrogens is 670 g/mol. The Labute approximate surface area is 322 Å². The molecule has 4 heterocycles. The molecular formula is C36H48AlLiN2O11. The van der Waals surface area contributed by atoms with Gasteiger partial charge in [-0.3, -0.25) is 0 Å². The van der Waals surface area contributed by atoms with Gasteiger partial charge in [-0.25, -0.2) is 14.8 Å². The molecule has 0 spiro atoms. The van der Waals surface area contributed by atoms with Crippen LogP contribution in [0.3, 0.4) is 0 Å². The van der Waals surface area contributed by atoms with Crippen molar-refractivity contribution in [2.45, 2.75) is 77.8 Å². The van der Waals surface area contributed by atoms with Gasteiger partial charge < -0.3 is 48.5 Å². The number of hydrogen-bond donors (Lipinski definition) is 1. The first kappa shape index (κ1) is 42.3. The summed E-state index contributed by atoms with van der Waals surface area (Å²) in [5, 5.41) is 9.46. The first-order valence-electron chi connectivity index (χ1n) is 16.5. The number of nitrogens with zero attached hydrogens (tertiary/aromatic N) is 2. The van der Waals surface area contributed by atoms with Crippen molar-refractivity contribution < 1.29 is 72.2 Å². The Bertz CT molecular complexity index is 1590. The zero-order chi connectivity index (χ0) is 34.4. The van der Waals surface area contributed by atoms with Crippen LogP contribution in [-0.2, 0) is 43.5 Å². The van der Waals surface area contributed by atoms with Crippen LogP contribution in [0.25, 0.3) is 22.9 Å². The summed E-state index contributed by atoms with van der Waals surface area (Å²) in [5.41, 5.74) is 2.56. The van der Waals surface area contributed by atoms with Crippen LogP contribution in [0.2, 0.25) is 0 Å². The number of carbonyl (C=O) groups excluding carboxylic acids is 1. The Morgan fingerprint density at radius 3 is 1.73 bits per heavy atom. The maximum Gasteiger partial charge on any atom is 1.00 e. The van der Waals surface area contributed by atoms with Crippen LogP contribution in [0.5, 0.6) is 11.5 Å². The van der Waals surface area contributed by atoms with Gasteiger partial charge in [0.05, 0.1) is 34.0 Å². The van der Waals surface area contributed by atoms with Gasteiger partial charge in [-0.2, -0.15) is 0 Å². The van der Waals surface area contributed by atoms with Gasteiger partial charge in [0, 0.05) is 24.3 Å². The smallest absolute Gasteiger partial charge is 1.00 e. The minimum absolute atomic E-state index is 0. The average Bonchev–Trinajstić information content (AvgIpc) is 3.79. The van der Waals surface area contributed by atoms with E-state index in [1.807, 2.05) is 36.4 Å². The normalized spacial score (nSPS) is 16.9. The summed E-state index contributed by atoms with van der Waals surface area (Å²) in [5.74, 6) is 2.21. The van der Waals surface area contributed by atoms with Gasteiger partial charge in [-0.15, -0.1) is 0 Å². The predicted molar refractivity (Wildman–Crippen MR) is 187 cm³/mol. The molecule has 0 amide bonds. The molecule has 4 aromatic rings. The van der Waals surface area contributed by atoms with Crippen LogP contribution < -0.4 is 28.3 Å². The van der Waals surface area contributed by atoms with E-state index in [1.165, 1.54) is 0 Å². The van der Waals surface area contributed by atoms with Gasteiger partial charge in [0.1, 0.15) is 29.5 Å². The molecule has 0 radical (unpaired) electrons. The first-order chi connectivity index (χ1) is 24.0. The number of benzene rings is 2. The third-order valence-electron chi connectivity index (χ3n) is 7.84. The second-order valence-electron chi connectivity index (χ2n) is 11.2. The van der Waals surface area contributed by atoms with Crippen LogP contribution in [0.1, 0.15) is 74.6 Å². The van der Waals surface area contributed by atoms with E-state index in [2.05, 4.69) is 9.97 Å². The number of oxazole rings is 2. The van der Waals surface area contributed by atoms with Crippen LogP contribution in [-0.4, -0.2) is 85.0 Å². The number of methoxy groups -OCH3 is 2. The van der Waals surface area contributed by atoms with E-state index in [1.54, 1.807) is 33.3 Å². The van der Waals surface area contributed by atoms with E-state index in [4.69, 9.17) is 42.0 Å². The van der Waals surface area contributed by atoms with E-state index >= 15 is 0 Å². The van der Waals surface area contributed by atoms with Crippen molar-refractivity contribution in [3.8, 4) is 34.4 Å². The Morgan fingerprint density at radius 1 is 0.784 bits per heavy atom. The number of aliphatic hydroxyl groups excluding tert-OH is 1. The maximum absolute atomic E-state index is 12.2. The first-order valence-corrected chi connectivity index (χ1v) is 16.5. The molecule has 2 saturated heterocycles. The van der Waals surface area contributed by atoms with Crippen molar-refractivity contribution in [2.75, 3.05) is 34.0 Å². The van der Waals surface area contributed by atoms with Crippen molar-refractivity contribution >= 4 is 23.3 Å². The molecule has 2 fully saturated rings. The second kappa shape index (κ2) is 22.0. The van der Waals surface area contributed by atoms with Gasteiger partial charge in [0.2, 0.25) is 17.5 Å². The van der Waals surface area contributed by atoms with E-state index < -0.39 is 5.97 Å². The molecule has 0 saturated carbocycles. The largest absolute Gasteiger partial charge is 1.00 e. The second-order valence-corrected chi connectivity index (χ2v) is 11.2. The molecule has 2 aliphatic rings. The predicted octanol–water partition coefficient (Wildman–Crippen LogP) is 2.39. The summed E-state index contributed by atoms with van der Waals surface area (Å²) < 4.78 is 49.2. The third kappa shape index (κ3) is 12.2. The summed E-state index contributed by atoms with van der Waals surface area (Å²) in [6.45, 7) is 3.58. The van der Waals surface area contributed by atoms with Crippen LogP contribution in [0.15, 0.2) is 57.4 Å². The third-order valence-corrected chi connectivity index (χ3v) is 7.84. The number of rotatable bonds is 13. The number of ether oxygens (including phenoxy) is 7. The SMILES string of the molecule is CCOC(=O)c1oc(-c2ccc(OC)cc2)nc1COC1CCCCO1.COc1ccc(-c2nc(COC3CCCCO3)c(CO)o2)cc1.[AlH3].[H-].[Li+]. The van der Waals surface area contributed by atoms with Gasteiger partial charge in [-0.05, 0) is 94.0 Å². The van der Waals surface area contributed by atoms with Crippen LogP contribution in [0, 0.1) is 0 Å². The molecule has 2 aromatic carbocycles. The van der Waals surface area contributed by atoms with E-state index in [0.29, 0.717) is 35.5 Å². The summed E-state index contributed by atoms with van der Waals surface area (Å²) in [4.78, 5) is 21.1. The monoisotopic (exact) mass is 718 g/mol. The number of aliphatic hydroxyl groups is 1. The molecule has 2 aliphatic heterocycles. The van der Waals surface area contributed by atoms with Gasteiger partial charge in [0.25, 0.3) is 0 Å². The Balaban J connectivity index is 0.000000343.